The zero-order valence-electron chi connectivity index (χ0n) is 12.9. The molecule has 1 aromatic rings. The molecule has 1 aliphatic carbocycles. The van der Waals surface area contributed by atoms with Crippen LogP contribution in [0.3, 0.4) is 0 Å². The van der Waals surface area contributed by atoms with Crippen molar-refractivity contribution in [1.29, 1.82) is 0 Å². The predicted octanol–water partition coefficient (Wildman–Crippen LogP) is 3.19. The summed E-state index contributed by atoms with van der Waals surface area (Å²) < 4.78 is 25.4. The maximum Gasteiger partial charge on any atom is 0.242 e. The summed E-state index contributed by atoms with van der Waals surface area (Å²) >= 11 is 1.79. The van der Waals surface area contributed by atoms with Gasteiger partial charge in [-0.05, 0) is 37.0 Å². The average molecular weight is 329 g/mol. The van der Waals surface area contributed by atoms with Gasteiger partial charge in [-0.15, -0.1) is 11.8 Å². The lowest BCUT2D eigenvalue weighted by molar-refractivity contribution is 0.394. The Morgan fingerprint density at radius 3 is 2.57 bits per heavy atom. The molecule has 4 nitrogen and oxygen atoms in total. The van der Waals surface area contributed by atoms with E-state index in [1.165, 1.54) is 44.1 Å². The Hall–Kier alpha value is -0.720. The second kappa shape index (κ2) is 6.58. The van der Waals surface area contributed by atoms with Crippen LogP contribution in [0.25, 0.3) is 0 Å². The fourth-order valence-corrected chi connectivity index (χ4v) is 5.02. The lowest BCUT2D eigenvalue weighted by Crippen LogP contribution is -2.22. The quantitative estimate of drug-likeness (QED) is 0.862. The summed E-state index contributed by atoms with van der Waals surface area (Å²) in [5.74, 6) is 0.769. The first kappa shape index (κ1) is 16.6. The fourth-order valence-electron chi connectivity index (χ4n) is 2.67. The topological polar surface area (TPSA) is 63.4 Å². The number of anilines is 1. The highest BCUT2D eigenvalue weighted by molar-refractivity contribution is 8.00. The average Bonchev–Trinajstić information content (AvgIpc) is 2.41. The molecule has 0 amide bonds. The summed E-state index contributed by atoms with van der Waals surface area (Å²) in [6, 6.07) is 5.07. The molecule has 1 saturated carbocycles. The van der Waals surface area contributed by atoms with Crippen LogP contribution in [-0.2, 0) is 10.0 Å². The molecular formula is C15H24N2O2S2. The third-order valence-electron chi connectivity index (χ3n) is 3.94. The standard InChI is InChI=1S/C15H24N2O2S2/c1-11-5-4-6-12(9-11)20-15-8-7-13(10-14(15)16)21(18,19)17(2)3/h7-8,10-12H,4-6,9,16H2,1-3H3. The Kier molecular flexibility index (Phi) is 5.22. The van der Waals surface area contributed by atoms with Crippen LogP contribution in [0, 0.1) is 5.92 Å². The maximum atomic E-state index is 12.1. The number of nitrogen functional groups attached to an aromatic ring is 1. The lowest BCUT2D eigenvalue weighted by Gasteiger charge is -2.26. The van der Waals surface area contributed by atoms with Gasteiger partial charge in [0.2, 0.25) is 10.0 Å². The molecule has 6 heteroatoms. The zero-order chi connectivity index (χ0) is 15.6. The Balaban J connectivity index is 2.16. The van der Waals surface area contributed by atoms with Gasteiger partial charge in [0.05, 0.1) is 4.90 Å². The first-order chi connectivity index (χ1) is 9.80. The Morgan fingerprint density at radius 1 is 1.29 bits per heavy atom. The van der Waals surface area contributed by atoms with Gasteiger partial charge < -0.3 is 5.73 Å². The molecule has 0 bridgehead atoms. The monoisotopic (exact) mass is 328 g/mol. The minimum absolute atomic E-state index is 0.256. The molecule has 2 rings (SSSR count). The summed E-state index contributed by atoms with van der Waals surface area (Å²) in [4.78, 5) is 1.25. The van der Waals surface area contributed by atoms with Crippen molar-refractivity contribution in [3.05, 3.63) is 18.2 Å². The van der Waals surface area contributed by atoms with E-state index in [1.54, 1.807) is 23.9 Å². The van der Waals surface area contributed by atoms with Crippen molar-refractivity contribution in [3.63, 3.8) is 0 Å². The van der Waals surface area contributed by atoms with E-state index < -0.39 is 10.0 Å². The molecule has 2 N–H and O–H groups in total. The van der Waals surface area contributed by atoms with Crippen molar-refractivity contribution in [2.24, 2.45) is 5.92 Å². The molecule has 2 unspecified atom stereocenters. The number of sulfonamides is 1. The normalized spacial score (nSPS) is 23.4. The van der Waals surface area contributed by atoms with Crippen LogP contribution in [0.1, 0.15) is 32.6 Å². The Labute approximate surface area is 132 Å². The Morgan fingerprint density at radius 2 is 2.00 bits per heavy atom. The largest absolute Gasteiger partial charge is 0.398 e. The van der Waals surface area contributed by atoms with Crippen molar-refractivity contribution >= 4 is 27.5 Å². The summed E-state index contributed by atoms with van der Waals surface area (Å²) in [5.41, 5.74) is 6.62. The van der Waals surface area contributed by atoms with E-state index in [0.717, 1.165) is 10.8 Å². The van der Waals surface area contributed by atoms with Crippen LogP contribution in [-0.4, -0.2) is 32.1 Å². The predicted molar refractivity (Wildman–Crippen MR) is 89.0 cm³/mol. The number of hydrogen-bond donors (Lipinski definition) is 1. The van der Waals surface area contributed by atoms with Gasteiger partial charge in [-0.25, -0.2) is 12.7 Å². The van der Waals surface area contributed by atoms with Gasteiger partial charge in [0.15, 0.2) is 0 Å². The van der Waals surface area contributed by atoms with Gasteiger partial charge in [0.25, 0.3) is 0 Å². The number of thioether (sulfide) groups is 1. The molecular weight excluding hydrogens is 304 g/mol. The van der Waals surface area contributed by atoms with Crippen LogP contribution in [0.2, 0.25) is 0 Å². The summed E-state index contributed by atoms with van der Waals surface area (Å²) in [7, 11) is -0.363. The van der Waals surface area contributed by atoms with Crippen LogP contribution in [0.15, 0.2) is 28.0 Å². The molecule has 1 aliphatic rings. The Bertz CT molecular complexity index is 600. The molecule has 0 spiro atoms. The van der Waals surface area contributed by atoms with E-state index in [1.807, 2.05) is 6.07 Å². The van der Waals surface area contributed by atoms with E-state index in [4.69, 9.17) is 5.73 Å². The second-order valence-electron chi connectivity index (χ2n) is 6.00. The van der Waals surface area contributed by atoms with Crippen LogP contribution in [0.4, 0.5) is 5.69 Å². The van der Waals surface area contributed by atoms with Gasteiger partial charge in [0, 0.05) is 29.9 Å². The second-order valence-corrected chi connectivity index (χ2v) is 9.49. The smallest absolute Gasteiger partial charge is 0.242 e. The molecule has 118 valence electrons. The number of hydrogen-bond acceptors (Lipinski definition) is 4. The van der Waals surface area contributed by atoms with Gasteiger partial charge in [-0.2, -0.15) is 0 Å². The molecule has 1 aromatic carbocycles. The van der Waals surface area contributed by atoms with Gasteiger partial charge >= 0.3 is 0 Å². The molecule has 21 heavy (non-hydrogen) atoms. The molecule has 0 saturated heterocycles. The van der Waals surface area contributed by atoms with Crippen molar-refractivity contribution in [3.8, 4) is 0 Å². The number of rotatable bonds is 4. The van der Waals surface area contributed by atoms with E-state index in [0.29, 0.717) is 10.9 Å². The molecule has 0 aromatic heterocycles. The van der Waals surface area contributed by atoms with Crippen molar-refractivity contribution < 1.29 is 8.42 Å². The molecule has 0 heterocycles. The van der Waals surface area contributed by atoms with Gasteiger partial charge in [-0.1, -0.05) is 19.8 Å². The highest BCUT2D eigenvalue weighted by atomic mass is 32.2. The molecule has 1 fully saturated rings. The maximum absolute atomic E-state index is 12.1. The van der Waals surface area contributed by atoms with Gasteiger partial charge in [0.1, 0.15) is 0 Å². The van der Waals surface area contributed by atoms with Crippen LogP contribution >= 0.6 is 11.8 Å². The highest BCUT2D eigenvalue weighted by Crippen LogP contribution is 2.38. The molecule has 0 radical (unpaired) electrons. The molecule has 2 atom stereocenters. The van der Waals surface area contributed by atoms with E-state index >= 15 is 0 Å². The van der Waals surface area contributed by atoms with Gasteiger partial charge in [-0.3, -0.25) is 0 Å². The molecule has 0 aliphatic heterocycles. The highest BCUT2D eigenvalue weighted by Gasteiger charge is 2.22. The number of nitrogens with zero attached hydrogens (tertiary/aromatic N) is 1. The summed E-state index contributed by atoms with van der Waals surface area (Å²) in [6.07, 6.45) is 5.01. The van der Waals surface area contributed by atoms with E-state index in [-0.39, 0.29) is 4.90 Å². The lowest BCUT2D eigenvalue weighted by atomic mass is 9.91. The van der Waals surface area contributed by atoms with E-state index in [9.17, 15) is 8.42 Å². The minimum Gasteiger partial charge on any atom is -0.398 e. The van der Waals surface area contributed by atoms with Crippen molar-refractivity contribution in [1.82, 2.24) is 4.31 Å². The third-order valence-corrected chi connectivity index (χ3v) is 7.14. The van der Waals surface area contributed by atoms with Crippen LogP contribution < -0.4 is 5.73 Å². The fraction of sp³-hybridized carbons (Fsp3) is 0.600. The first-order valence-electron chi connectivity index (χ1n) is 7.29. The SMILES string of the molecule is CC1CCCC(Sc2ccc(S(=O)(=O)N(C)C)cc2N)C1. The summed E-state index contributed by atoms with van der Waals surface area (Å²) in [5, 5.41) is 0.590. The zero-order valence-corrected chi connectivity index (χ0v) is 14.5. The number of benzene rings is 1. The van der Waals surface area contributed by atoms with Crippen molar-refractivity contribution in [2.75, 3.05) is 19.8 Å². The number of nitrogens with two attached hydrogens (primary N) is 1. The van der Waals surface area contributed by atoms with Crippen LogP contribution in [0.5, 0.6) is 0 Å². The first-order valence-corrected chi connectivity index (χ1v) is 9.61. The van der Waals surface area contributed by atoms with E-state index in [2.05, 4.69) is 6.92 Å². The van der Waals surface area contributed by atoms with Crippen molar-refractivity contribution in [2.45, 2.75) is 47.6 Å². The third kappa shape index (κ3) is 3.93. The minimum atomic E-state index is -3.41. The summed E-state index contributed by atoms with van der Waals surface area (Å²) in [6.45, 7) is 2.29.